The van der Waals surface area contributed by atoms with Crippen LogP contribution in [0.2, 0.25) is 5.02 Å². The molecule has 1 aromatic heterocycles. The van der Waals surface area contributed by atoms with E-state index in [2.05, 4.69) is 10.3 Å². The minimum absolute atomic E-state index is 0.000320. The van der Waals surface area contributed by atoms with E-state index in [0.29, 0.717) is 26.1 Å². The summed E-state index contributed by atoms with van der Waals surface area (Å²) >= 11 is 6.23. The highest BCUT2D eigenvalue weighted by molar-refractivity contribution is 7.89. The predicted molar refractivity (Wildman–Crippen MR) is 123 cm³/mol. The Balaban J connectivity index is 1.46. The molecule has 1 aliphatic heterocycles. The zero-order valence-electron chi connectivity index (χ0n) is 17.2. The molecule has 164 valence electrons. The number of halogens is 1. The quantitative estimate of drug-likeness (QED) is 0.574. The lowest BCUT2D eigenvalue weighted by Crippen LogP contribution is -2.32. The van der Waals surface area contributed by atoms with Crippen molar-refractivity contribution in [2.75, 3.05) is 19.6 Å². The van der Waals surface area contributed by atoms with Crippen LogP contribution in [-0.2, 0) is 16.4 Å². The van der Waals surface area contributed by atoms with Crippen LogP contribution >= 0.6 is 11.6 Å². The van der Waals surface area contributed by atoms with Crippen LogP contribution in [-0.4, -0.2) is 43.2 Å². The molecule has 1 amide bonds. The first kappa shape index (κ1) is 21.9. The molecule has 0 bridgehead atoms. The van der Waals surface area contributed by atoms with Gasteiger partial charge in [0.2, 0.25) is 10.0 Å². The highest BCUT2D eigenvalue weighted by Crippen LogP contribution is 2.27. The number of carbonyl (C=O) groups excluding carboxylic acids is 1. The third-order valence-electron chi connectivity index (χ3n) is 5.73. The van der Waals surface area contributed by atoms with Crippen molar-refractivity contribution in [2.45, 2.75) is 37.0 Å². The summed E-state index contributed by atoms with van der Waals surface area (Å²) in [7, 11) is -3.74. The van der Waals surface area contributed by atoms with Crippen molar-refractivity contribution >= 4 is 38.4 Å². The minimum atomic E-state index is -3.74. The molecule has 2 N–H and O–H groups in total. The summed E-state index contributed by atoms with van der Waals surface area (Å²) in [6.07, 6.45) is 6.35. The molecule has 0 unspecified atom stereocenters. The zero-order valence-corrected chi connectivity index (χ0v) is 18.8. The van der Waals surface area contributed by atoms with E-state index in [4.69, 9.17) is 11.6 Å². The summed E-state index contributed by atoms with van der Waals surface area (Å²) in [4.78, 5) is 15.9. The summed E-state index contributed by atoms with van der Waals surface area (Å²) in [5.41, 5.74) is 2.47. The van der Waals surface area contributed by atoms with Crippen LogP contribution in [0.15, 0.2) is 53.6 Å². The molecule has 1 fully saturated rings. The van der Waals surface area contributed by atoms with Crippen molar-refractivity contribution in [3.8, 4) is 0 Å². The van der Waals surface area contributed by atoms with Gasteiger partial charge < -0.3 is 10.3 Å². The van der Waals surface area contributed by atoms with Crippen LogP contribution in [0.3, 0.4) is 0 Å². The van der Waals surface area contributed by atoms with E-state index in [1.54, 1.807) is 6.07 Å². The van der Waals surface area contributed by atoms with Crippen LogP contribution in [0.25, 0.3) is 10.9 Å². The van der Waals surface area contributed by atoms with E-state index >= 15 is 0 Å². The number of hydrogen-bond donors (Lipinski definition) is 2. The molecular formula is C23H26ClN3O3S. The van der Waals surface area contributed by atoms with E-state index in [1.165, 1.54) is 16.4 Å². The third-order valence-corrected chi connectivity index (χ3v) is 8.11. The number of nitrogens with zero attached hydrogens (tertiary/aromatic N) is 1. The maximum Gasteiger partial charge on any atom is 0.251 e. The first-order valence-electron chi connectivity index (χ1n) is 10.6. The Hall–Kier alpha value is -2.35. The third kappa shape index (κ3) is 4.79. The number of para-hydroxylation sites is 1. The van der Waals surface area contributed by atoms with Crippen molar-refractivity contribution in [1.29, 1.82) is 0 Å². The van der Waals surface area contributed by atoms with Crippen molar-refractivity contribution in [1.82, 2.24) is 14.6 Å². The second-order valence-electron chi connectivity index (χ2n) is 7.83. The first-order valence-corrected chi connectivity index (χ1v) is 12.4. The number of sulfonamides is 1. The van der Waals surface area contributed by atoms with Gasteiger partial charge in [0.05, 0.1) is 5.02 Å². The molecule has 4 rings (SSSR count). The SMILES string of the molecule is O=C(NCCc1c[nH]c2ccccc12)c1ccc(Cl)c(S(=O)(=O)N2CCCCCC2)c1. The summed E-state index contributed by atoms with van der Waals surface area (Å²) in [6.45, 7) is 1.41. The monoisotopic (exact) mass is 459 g/mol. The summed E-state index contributed by atoms with van der Waals surface area (Å²) in [5, 5.41) is 4.16. The molecule has 31 heavy (non-hydrogen) atoms. The van der Waals surface area contributed by atoms with Crippen LogP contribution in [0.5, 0.6) is 0 Å². The molecule has 0 radical (unpaired) electrons. The van der Waals surface area contributed by atoms with Gasteiger partial charge >= 0.3 is 0 Å². The van der Waals surface area contributed by atoms with Gasteiger partial charge in [-0.3, -0.25) is 4.79 Å². The van der Waals surface area contributed by atoms with Crippen LogP contribution in [0, 0.1) is 0 Å². The molecule has 0 saturated carbocycles. The average molecular weight is 460 g/mol. The number of aromatic nitrogens is 1. The Labute approximate surface area is 187 Å². The largest absolute Gasteiger partial charge is 0.361 e. The first-order chi connectivity index (χ1) is 15.0. The van der Waals surface area contributed by atoms with Gasteiger partial charge in [-0.2, -0.15) is 4.31 Å². The molecule has 1 saturated heterocycles. The lowest BCUT2D eigenvalue weighted by molar-refractivity contribution is 0.0954. The molecule has 0 atom stereocenters. The Bertz CT molecular complexity index is 1180. The number of carbonyl (C=O) groups is 1. The van der Waals surface area contributed by atoms with Crippen molar-refractivity contribution in [3.63, 3.8) is 0 Å². The summed E-state index contributed by atoms with van der Waals surface area (Å²) in [6, 6.07) is 12.5. The second-order valence-corrected chi connectivity index (χ2v) is 10.1. The van der Waals surface area contributed by atoms with Gasteiger partial charge in [-0.15, -0.1) is 0 Å². The van der Waals surface area contributed by atoms with Crippen molar-refractivity contribution in [3.05, 3.63) is 64.8 Å². The molecule has 2 aromatic carbocycles. The molecule has 0 spiro atoms. The number of benzene rings is 2. The van der Waals surface area contributed by atoms with E-state index in [-0.39, 0.29) is 21.4 Å². The molecule has 2 heterocycles. The van der Waals surface area contributed by atoms with Gasteiger partial charge in [-0.05, 0) is 49.1 Å². The van der Waals surface area contributed by atoms with Crippen LogP contribution < -0.4 is 5.32 Å². The van der Waals surface area contributed by atoms with Gasteiger partial charge in [0.25, 0.3) is 5.91 Å². The molecule has 8 heteroatoms. The predicted octanol–water partition coefficient (Wildman–Crippen LogP) is 4.36. The number of fused-ring (bicyclic) bond motifs is 1. The highest BCUT2D eigenvalue weighted by atomic mass is 35.5. The second kappa shape index (κ2) is 9.42. The molecule has 3 aromatic rings. The Kier molecular flexibility index (Phi) is 6.65. The lowest BCUT2D eigenvalue weighted by atomic mass is 10.1. The van der Waals surface area contributed by atoms with Crippen LogP contribution in [0.4, 0.5) is 0 Å². The fourth-order valence-electron chi connectivity index (χ4n) is 4.01. The van der Waals surface area contributed by atoms with Gasteiger partial charge in [0.15, 0.2) is 0 Å². The number of hydrogen-bond acceptors (Lipinski definition) is 3. The van der Waals surface area contributed by atoms with Gasteiger partial charge in [-0.1, -0.05) is 42.6 Å². The van der Waals surface area contributed by atoms with E-state index < -0.39 is 10.0 Å². The number of H-pyrrole nitrogens is 1. The Morgan fingerprint density at radius 3 is 2.58 bits per heavy atom. The van der Waals surface area contributed by atoms with E-state index in [1.807, 2.05) is 30.5 Å². The van der Waals surface area contributed by atoms with E-state index in [0.717, 1.165) is 42.1 Å². The van der Waals surface area contributed by atoms with Gasteiger partial charge in [0.1, 0.15) is 4.90 Å². The van der Waals surface area contributed by atoms with Gasteiger partial charge in [-0.25, -0.2) is 8.42 Å². The van der Waals surface area contributed by atoms with Crippen LogP contribution in [0.1, 0.15) is 41.6 Å². The fraction of sp³-hybridized carbons (Fsp3) is 0.348. The van der Waals surface area contributed by atoms with Crippen molar-refractivity contribution < 1.29 is 13.2 Å². The molecule has 1 aliphatic rings. The maximum atomic E-state index is 13.1. The molecular weight excluding hydrogens is 434 g/mol. The smallest absolute Gasteiger partial charge is 0.251 e. The number of amides is 1. The zero-order chi connectivity index (χ0) is 21.8. The lowest BCUT2D eigenvalue weighted by Gasteiger charge is -2.21. The Morgan fingerprint density at radius 2 is 1.81 bits per heavy atom. The standard InChI is InChI=1S/C23H26ClN3O3S/c24-20-10-9-17(15-22(20)31(29,30)27-13-5-1-2-6-14-27)23(28)25-12-11-18-16-26-21-8-4-3-7-19(18)21/h3-4,7-10,15-16,26H,1-2,5-6,11-14H2,(H,25,28). The Morgan fingerprint density at radius 1 is 1.06 bits per heavy atom. The molecule has 6 nitrogen and oxygen atoms in total. The topological polar surface area (TPSA) is 82.3 Å². The molecule has 0 aliphatic carbocycles. The average Bonchev–Trinajstić information content (AvgIpc) is 2.97. The number of nitrogens with one attached hydrogen (secondary N) is 2. The van der Waals surface area contributed by atoms with Gasteiger partial charge in [0, 0.05) is 42.3 Å². The van der Waals surface area contributed by atoms with E-state index in [9.17, 15) is 13.2 Å². The maximum absolute atomic E-state index is 13.1. The highest BCUT2D eigenvalue weighted by Gasteiger charge is 2.28. The minimum Gasteiger partial charge on any atom is -0.361 e. The number of aromatic amines is 1. The van der Waals surface area contributed by atoms with Crippen molar-refractivity contribution in [2.24, 2.45) is 0 Å². The number of rotatable bonds is 6. The normalized spacial score (nSPS) is 15.6. The fourth-order valence-corrected chi connectivity index (χ4v) is 6.03. The summed E-state index contributed by atoms with van der Waals surface area (Å²) in [5.74, 6) is -0.316. The summed E-state index contributed by atoms with van der Waals surface area (Å²) < 4.78 is 27.8.